The van der Waals surface area contributed by atoms with Gasteiger partial charge in [-0.1, -0.05) is 6.92 Å². The van der Waals surface area contributed by atoms with Gasteiger partial charge in [-0.3, -0.25) is 9.59 Å². The Morgan fingerprint density at radius 2 is 2.33 bits per heavy atom. The number of nitrogens with zero attached hydrogens (tertiary/aromatic N) is 1. The van der Waals surface area contributed by atoms with E-state index in [1.165, 1.54) is 0 Å². The first-order chi connectivity index (χ1) is 8.71. The number of benzene rings is 1. The van der Waals surface area contributed by atoms with Gasteiger partial charge < -0.3 is 4.98 Å². The maximum Gasteiger partial charge on any atom is 0.202 e. The molecule has 4 heteroatoms. The minimum absolute atomic E-state index is 0.362. The highest BCUT2D eigenvalue weighted by molar-refractivity contribution is 6.28. The van der Waals surface area contributed by atoms with Gasteiger partial charge in [0.05, 0.1) is 17.6 Å². The quantitative estimate of drug-likeness (QED) is 0.658. The molecule has 2 aromatic rings. The Balaban J connectivity index is 2.60. The van der Waals surface area contributed by atoms with E-state index < -0.39 is 11.7 Å². The van der Waals surface area contributed by atoms with Gasteiger partial charge in [-0.25, -0.2) is 0 Å². The lowest BCUT2D eigenvalue weighted by Gasteiger charge is -2.09. The van der Waals surface area contributed by atoms with E-state index in [0.29, 0.717) is 18.3 Å². The monoisotopic (exact) mass is 240 g/mol. The number of aldehydes is 1. The van der Waals surface area contributed by atoms with Crippen molar-refractivity contribution < 1.29 is 9.59 Å². The summed E-state index contributed by atoms with van der Waals surface area (Å²) >= 11 is 0. The smallest absolute Gasteiger partial charge is 0.202 e. The average molecular weight is 240 g/mol. The van der Waals surface area contributed by atoms with Gasteiger partial charge in [0.25, 0.3) is 0 Å². The number of nitriles is 1. The van der Waals surface area contributed by atoms with Gasteiger partial charge in [-0.2, -0.15) is 5.26 Å². The van der Waals surface area contributed by atoms with E-state index in [1.807, 2.05) is 6.92 Å². The van der Waals surface area contributed by atoms with Crippen LogP contribution >= 0.6 is 0 Å². The summed E-state index contributed by atoms with van der Waals surface area (Å²) in [6, 6.07) is 7.32. The number of rotatable bonds is 4. The molecule has 0 aliphatic rings. The summed E-state index contributed by atoms with van der Waals surface area (Å²) < 4.78 is 0. The largest absolute Gasteiger partial charge is 0.361 e. The maximum atomic E-state index is 11.6. The number of aromatic amines is 1. The summed E-state index contributed by atoms with van der Waals surface area (Å²) in [5.74, 6) is -0.869. The van der Waals surface area contributed by atoms with E-state index in [0.717, 1.165) is 16.5 Å². The fourth-order valence-electron chi connectivity index (χ4n) is 2.16. The van der Waals surface area contributed by atoms with Crippen LogP contribution in [0.1, 0.15) is 30.4 Å². The van der Waals surface area contributed by atoms with Crippen molar-refractivity contribution in [3.8, 4) is 6.07 Å². The standard InChI is InChI=1S/C14H12N2O2/c1-2-10(14(18)8-17)12-7-16-13-4-3-9(6-15)5-11(12)13/h3-5,7-8,10,16H,2H2,1H3. The summed E-state index contributed by atoms with van der Waals surface area (Å²) in [7, 11) is 0. The van der Waals surface area contributed by atoms with Crippen LogP contribution in [0, 0.1) is 11.3 Å². The van der Waals surface area contributed by atoms with E-state index in [9.17, 15) is 9.59 Å². The fraction of sp³-hybridized carbons (Fsp3) is 0.214. The van der Waals surface area contributed by atoms with Crippen molar-refractivity contribution in [2.45, 2.75) is 19.3 Å². The second kappa shape index (κ2) is 4.84. The number of nitrogens with one attached hydrogen (secondary N) is 1. The van der Waals surface area contributed by atoms with Crippen molar-refractivity contribution in [3.63, 3.8) is 0 Å². The van der Waals surface area contributed by atoms with E-state index in [2.05, 4.69) is 11.1 Å². The Kier molecular flexibility index (Phi) is 3.24. The zero-order valence-corrected chi connectivity index (χ0v) is 9.93. The number of ketones is 1. The van der Waals surface area contributed by atoms with Crippen molar-refractivity contribution in [2.24, 2.45) is 0 Å². The van der Waals surface area contributed by atoms with E-state index >= 15 is 0 Å². The predicted molar refractivity (Wildman–Crippen MR) is 67.1 cm³/mol. The van der Waals surface area contributed by atoms with Gasteiger partial charge in [0, 0.05) is 17.1 Å². The third kappa shape index (κ3) is 1.91. The van der Waals surface area contributed by atoms with Crippen LogP contribution < -0.4 is 0 Å². The van der Waals surface area contributed by atoms with Gasteiger partial charge in [-0.05, 0) is 30.2 Å². The molecule has 1 atom stereocenters. The molecule has 0 aliphatic carbocycles. The highest BCUT2D eigenvalue weighted by atomic mass is 16.2. The van der Waals surface area contributed by atoms with Crippen LogP contribution in [0.3, 0.4) is 0 Å². The summed E-state index contributed by atoms with van der Waals surface area (Å²) in [5.41, 5.74) is 2.18. The molecule has 1 unspecified atom stereocenters. The number of aromatic nitrogens is 1. The molecule has 90 valence electrons. The second-order valence-electron chi connectivity index (χ2n) is 4.10. The van der Waals surface area contributed by atoms with E-state index in [4.69, 9.17) is 5.26 Å². The highest BCUT2D eigenvalue weighted by Crippen LogP contribution is 2.28. The molecular weight excluding hydrogens is 228 g/mol. The van der Waals surface area contributed by atoms with Crippen LogP contribution in [0.2, 0.25) is 0 Å². The summed E-state index contributed by atoms with van der Waals surface area (Å²) in [6.45, 7) is 1.86. The summed E-state index contributed by atoms with van der Waals surface area (Å²) in [5, 5.41) is 9.72. The van der Waals surface area contributed by atoms with Crippen LogP contribution in [0.25, 0.3) is 10.9 Å². The molecular formula is C14H12N2O2. The number of hydrogen-bond donors (Lipinski definition) is 1. The highest BCUT2D eigenvalue weighted by Gasteiger charge is 2.21. The van der Waals surface area contributed by atoms with Crippen molar-refractivity contribution >= 4 is 23.0 Å². The number of H-pyrrole nitrogens is 1. The molecule has 2 rings (SSSR count). The van der Waals surface area contributed by atoms with Crippen molar-refractivity contribution in [2.75, 3.05) is 0 Å². The Morgan fingerprint density at radius 1 is 1.56 bits per heavy atom. The van der Waals surface area contributed by atoms with Crippen LogP contribution in [0.4, 0.5) is 0 Å². The summed E-state index contributed by atoms with van der Waals surface area (Å²) in [4.78, 5) is 25.3. The fourth-order valence-corrected chi connectivity index (χ4v) is 2.16. The van der Waals surface area contributed by atoms with Crippen LogP contribution in [0.5, 0.6) is 0 Å². The van der Waals surface area contributed by atoms with Gasteiger partial charge in [0.2, 0.25) is 5.78 Å². The average Bonchev–Trinajstić information content (AvgIpc) is 2.82. The second-order valence-corrected chi connectivity index (χ2v) is 4.10. The van der Waals surface area contributed by atoms with Gasteiger partial charge in [0.15, 0.2) is 6.29 Å². The molecule has 0 fully saturated rings. The number of fused-ring (bicyclic) bond motifs is 1. The molecule has 1 heterocycles. The minimum atomic E-state index is -0.440. The molecule has 0 amide bonds. The SMILES string of the molecule is CCC(C(=O)C=O)c1c[nH]c2ccc(C#N)cc12. The number of carbonyl (C=O) groups is 2. The Bertz CT molecular complexity index is 649. The molecule has 0 saturated heterocycles. The predicted octanol–water partition coefficient (Wildman–Crippen LogP) is 2.30. The van der Waals surface area contributed by atoms with Crippen LogP contribution in [-0.4, -0.2) is 17.1 Å². The van der Waals surface area contributed by atoms with Gasteiger partial charge >= 0.3 is 0 Å². The first-order valence-electron chi connectivity index (χ1n) is 5.71. The molecule has 1 N–H and O–H groups in total. The molecule has 18 heavy (non-hydrogen) atoms. The Morgan fingerprint density at radius 3 is 2.94 bits per heavy atom. The zero-order valence-electron chi connectivity index (χ0n) is 9.93. The lowest BCUT2D eigenvalue weighted by molar-refractivity contribution is -0.130. The third-order valence-electron chi connectivity index (χ3n) is 3.09. The molecule has 0 saturated carbocycles. The normalized spacial score (nSPS) is 12.0. The molecule has 0 aliphatic heterocycles. The minimum Gasteiger partial charge on any atom is -0.361 e. The van der Waals surface area contributed by atoms with Gasteiger partial charge in [-0.15, -0.1) is 0 Å². The topological polar surface area (TPSA) is 73.7 Å². The Labute approximate surface area is 104 Å². The zero-order chi connectivity index (χ0) is 13.1. The third-order valence-corrected chi connectivity index (χ3v) is 3.09. The maximum absolute atomic E-state index is 11.6. The van der Waals surface area contributed by atoms with Crippen LogP contribution in [-0.2, 0) is 9.59 Å². The molecule has 4 nitrogen and oxygen atoms in total. The molecule has 0 radical (unpaired) electrons. The Hall–Kier alpha value is -2.41. The number of Topliss-reactive ketones (excluding diaryl/α,β-unsaturated/α-hetero) is 1. The number of hydrogen-bond acceptors (Lipinski definition) is 3. The molecule has 0 bridgehead atoms. The van der Waals surface area contributed by atoms with Crippen LogP contribution in [0.15, 0.2) is 24.4 Å². The lowest BCUT2D eigenvalue weighted by atomic mass is 9.92. The van der Waals surface area contributed by atoms with Crippen molar-refractivity contribution in [1.82, 2.24) is 4.98 Å². The van der Waals surface area contributed by atoms with Gasteiger partial charge in [0.1, 0.15) is 0 Å². The van der Waals surface area contributed by atoms with E-state index in [-0.39, 0.29) is 0 Å². The molecule has 0 spiro atoms. The van der Waals surface area contributed by atoms with Crippen molar-refractivity contribution in [3.05, 3.63) is 35.5 Å². The first-order valence-corrected chi connectivity index (χ1v) is 5.71. The van der Waals surface area contributed by atoms with Crippen molar-refractivity contribution in [1.29, 1.82) is 5.26 Å². The first kappa shape index (κ1) is 12.1. The molecule has 1 aromatic carbocycles. The lowest BCUT2D eigenvalue weighted by Crippen LogP contribution is -2.12. The number of carbonyl (C=O) groups excluding carboxylic acids is 2. The summed E-state index contributed by atoms with van der Waals surface area (Å²) in [6.07, 6.45) is 2.66. The van der Waals surface area contributed by atoms with E-state index in [1.54, 1.807) is 24.4 Å². The molecule has 1 aromatic heterocycles.